The predicted molar refractivity (Wildman–Crippen MR) is 135 cm³/mol. The van der Waals surface area contributed by atoms with Crippen molar-refractivity contribution in [3.63, 3.8) is 0 Å². The number of likely N-dealkylation sites (tertiary alicyclic amines) is 1. The first-order valence-electron chi connectivity index (χ1n) is 12.1. The fraction of sp³-hybridized carbons (Fsp3) is 0.370. The second-order valence-corrected chi connectivity index (χ2v) is 9.35. The number of hydrogen-bond donors (Lipinski definition) is 2. The number of nitrogens with zero attached hydrogens (tertiary/aromatic N) is 5. The molecule has 1 aliphatic heterocycles. The average Bonchev–Trinajstić information content (AvgIpc) is 3.17. The van der Waals surface area contributed by atoms with Crippen molar-refractivity contribution in [2.45, 2.75) is 45.4 Å². The lowest BCUT2D eigenvalue weighted by atomic mass is 10.0. The normalized spacial score (nSPS) is 19.0. The third-order valence-electron chi connectivity index (χ3n) is 6.80. The molecule has 176 valence electrons. The Morgan fingerprint density at radius 2 is 1.88 bits per heavy atom. The van der Waals surface area contributed by atoms with E-state index in [9.17, 15) is 5.11 Å². The van der Waals surface area contributed by atoms with Gasteiger partial charge in [0.2, 0.25) is 0 Å². The van der Waals surface area contributed by atoms with Crippen molar-refractivity contribution in [2.24, 2.45) is 5.92 Å². The van der Waals surface area contributed by atoms with Crippen LogP contribution < -0.4 is 5.32 Å². The van der Waals surface area contributed by atoms with Gasteiger partial charge in [0, 0.05) is 19.1 Å². The Kier molecular flexibility index (Phi) is 6.56. The number of imidazole rings is 1. The van der Waals surface area contributed by atoms with Gasteiger partial charge in [-0.1, -0.05) is 43.3 Å². The lowest BCUT2D eigenvalue weighted by Gasteiger charge is -2.26. The van der Waals surface area contributed by atoms with Crippen LogP contribution in [-0.4, -0.2) is 42.6 Å². The summed E-state index contributed by atoms with van der Waals surface area (Å²) in [5, 5.41) is 14.4. The van der Waals surface area contributed by atoms with Gasteiger partial charge in [-0.2, -0.15) is 0 Å². The summed E-state index contributed by atoms with van der Waals surface area (Å²) in [6, 6.07) is 16.4. The van der Waals surface area contributed by atoms with Gasteiger partial charge in [0.1, 0.15) is 18.4 Å². The smallest absolute Gasteiger partial charge is 0.159 e. The Bertz CT molecular complexity index is 1240. The van der Waals surface area contributed by atoms with Gasteiger partial charge in [-0.15, -0.1) is 0 Å². The molecule has 5 rings (SSSR count). The monoisotopic (exact) mass is 456 g/mol. The highest BCUT2D eigenvalue weighted by Gasteiger charge is 2.22. The van der Waals surface area contributed by atoms with Gasteiger partial charge in [-0.05, 0) is 55.4 Å². The summed E-state index contributed by atoms with van der Waals surface area (Å²) in [7, 11) is 0. The van der Waals surface area contributed by atoms with E-state index >= 15 is 0 Å². The SMILES string of the molecule is CC1CCCN(C(O)c2ccc3c(c2)ncn3-c2cncc(N[C@@H](C)c3ccccc3)n2)CC1. The molecule has 2 N–H and O–H groups in total. The van der Waals surface area contributed by atoms with Crippen LogP contribution in [0.3, 0.4) is 0 Å². The second-order valence-electron chi connectivity index (χ2n) is 9.35. The lowest BCUT2D eigenvalue weighted by Crippen LogP contribution is -2.29. The van der Waals surface area contributed by atoms with Crippen molar-refractivity contribution in [1.82, 2.24) is 24.4 Å². The number of aliphatic hydroxyl groups excluding tert-OH is 1. The molecule has 7 heteroatoms. The molecule has 0 bridgehead atoms. The van der Waals surface area contributed by atoms with E-state index in [4.69, 9.17) is 4.98 Å². The molecule has 0 amide bonds. The maximum absolute atomic E-state index is 11.0. The number of aliphatic hydroxyl groups is 1. The first kappa shape index (κ1) is 22.5. The number of hydrogen-bond acceptors (Lipinski definition) is 6. The number of aromatic nitrogens is 4. The van der Waals surface area contributed by atoms with Crippen molar-refractivity contribution in [2.75, 3.05) is 18.4 Å². The number of anilines is 1. The van der Waals surface area contributed by atoms with Crippen molar-refractivity contribution >= 4 is 16.9 Å². The van der Waals surface area contributed by atoms with Gasteiger partial charge in [0.25, 0.3) is 0 Å². The number of nitrogens with one attached hydrogen (secondary N) is 1. The molecule has 4 aromatic rings. The van der Waals surface area contributed by atoms with Gasteiger partial charge in [0.05, 0.1) is 23.4 Å². The van der Waals surface area contributed by atoms with E-state index in [0.717, 1.165) is 48.4 Å². The Balaban J connectivity index is 1.36. The molecule has 1 fully saturated rings. The summed E-state index contributed by atoms with van der Waals surface area (Å²) in [6.07, 6.45) is 8.11. The van der Waals surface area contributed by atoms with Gasteiger partial charge >= 0.3 is 0 Å². The van der Waals surface area contributed by atoms with Crippen LogP contribution in [0.1, 0.15) is 56.5 Å². The standard InChI is InChI=1S/C27H32N6O/c1-19-7-6-13-32(14-12-19)27(34)22-10-11-24-23(15-22)29-18-33(24)26-17-28-16-25(31-26)30-20(2)21-8-4-3-5-9-21/h3-5,8-11,15-20,27,34H,6-7,12-14H2,1-2H3,(H,30,31)/t19?,20-,27?/m0/s1. The molecule has 7 nitrogen and oxygen atoms in total. The van der Waals surface area contributed by atoms with Crippen LogP contribution in [0.25, 0.3) is 16.9 Å². The van der Waals surface area contributed by atoms with Crippen molar-refractivity contribution in [3.8, 4) is 5.82 Å². The van der Waals surface area contributed by atoms with E-state index in [1.807, 2.05) is 41.0 Å². The fourth-order valence-electron chi connectivity index (χ4n) is 4.70. The molecule has 0 radical (unpaired) electrons. The van der Waals surface area contributed by atoms with Crippen molar-refractivity contribution < 1.29 is 5.11 Å². The largest absolute Gasteiger partial charge is 0.374 e. The van der Waals surface area contributed by atoms with E-state index in [-0.39, 0.29) is 6.04 Å². The zero-order valence-corrected chi connectivity index (χ0v) is 19.8. The van der Waals surface area contributed by atoms with Crippen LogP contribution in [0.4, 0.5) is 5.82 Å². The number of fused-ring (bicyclic) bond motifs is 1. The third-order valence-corrected chi connectivity index (χ3v) is 6.80. The molecule has 1 aliphatic rings. The Hall–Kier alpha value is -3.29. The molecule has 0 spiro atoms. The maximum Gasteiger partial charge on any atom is 0.159 e. The van der Waals surface area contributed by atoms with E-state index in [0.29, 0.717) is 11.6 Å². The predicted octanol–water partition coefficient (Wildman–Crippen LogP) is 5.10. The molecular weight excluding hydrogens is 424 g/mol. The fourth-order valence-corrected chi connectivity index (χ4v) is 4.70. The van der Waals surface area contributed by atoms with Gasteiger partial charge in [-0.3, -0.25) is 14.5 Å². The lowest BCUT2D eigenvalue weighted by molar-refractivity contribution is 0.00364. The van der Waals surface area contributed by atoms with Gasteiger partial charge in [-0.25, -0.2) is 9.97 Å². The Labute approximate surface area is 200 Å². The quantitative estimate of drug-likeness (QED) is 0.420. The molecular formula is C27H32N6O. The minimum Gasteiger partial charge on any atom is -0.374 e. The van der Waals surface area contributed by atoms with E-state index in [1.165, 1.54) is 12.0 Å². The van der Waals surface area contributed by atoms with Crippen LogP contribution in [0.2, 0.25) is 0 Å². The topological polar surface area (TPSA) is 79.1 Å². The van der Waals surface area contributed by atoms with Gasteiger partial charge < -0.3 is 10.4 Å². The zero-order valence-electron chi connectivity index (χ0n) is 19.8. The number of benzene rings is 2. The summed E-state index contributed by atoms with van der Waals surface area (Å²) < 4.78 is 1.93. The van der Waals surface area contributed by atoms with E-state index in [2.05, 4.69) is 46.2 Å². The van der Waals surface area contributed by atoms with Crippen LogP contribution in [-0.2, 0) is 0 Å². The highest BCUT2D eigenvalue weighted by Crippen LogP contribution is 2.27. The van der Waals surface area contributed by atoms with Crippen LogP contribution in [0.15, 0.2) is 67.3 Å². The highest BCUT2D eigenvalue weighted by molar-refractivity contribution is 5.78. The minimum absolute atomic E-state index is 0.108. The molecule has 34 heavy (non-hydrogen) atoms. The first-order chi connectivity index (χ1) is 16.6. The molecule has 3 atom stereocenters. The maximum atomic E-state index is 11.0. The summed E-state index contributed by atoms with van der Waals surface area (Å²) in [4.78, 5) is 15.9. The van der Waals surface area contributed by atoms with Crippen molar-refractivity contribution in [1.29, 1.82) is 0 Å². The third kappa shape index (κ3) is 4.81. The zero-order chi connectivity index (χ0) is 23.5. The van der Waals surface area contributed by atoms with Gasteiger partial charge in [0.15, 0.2) is 5.82 Å². The summed E-state index contributed by atoms with van der Waals surface area (Å²) >= 11 is 0. The minimum atomic E-state index is -0.605. The molecule has 2 aromatic heterocycles. The summed E-state index contributed by atoms with van der Waals surface area (Å²) in [5.74, 6) is 2.12. The van der Waals surface area contributed by atoms with Crippen LogP contribution >= 0.6 is 0 Å². The van der Waals surface area contributed by atoms with Crippen LogP contribution in [0, 0.1) is 5.92 Å². The molecule has 2 unspecified atom stereocenters. The van der Waals surface area contributed by atoms with Crippen LogP contribution in [0.5, 0.6) is 0 Å². The second kappa shape index (κ2) is 9.91. The highest BCUT2D eigenvalue weighted by atomic mass is 16.3. The number of rotatable bonds is 6. The molecule has 1 saturated heterocycles. The first-order valence-corrected chi connectivity index (χ1v) is 12.1. The van der Waals surface area contributed by atoms with Crippen molar-refractivity contribution in [3.05, 3.63) is 78.4 Å². The Morgan fingerprint density at radius 1 is 1.03 bits per heavy atom. The average molecular weight is 457 g/mol. The molecule has 0 saturated carbocycles. The summed E-state index contributed by atoms with van der Waals surface area (Å²) in [5.41, 5.74) is 3.83. The molecule has 3 heterocycles. The molecule has 0 aliphatic carbocycles. The Morgan fingerprint density at radius 3 is 2.74 bits per heavy atom. The van der Waals surface area contributed by atoms with E-state index < -0.39 is 6.23 Å². The molecule has 2 aromatic carbocycles. The van der Waals surface area contributed by atoms with E-state index in [1.54, 1.807) is 18.7 Å². The summed E-state index contributed by atoms with van der Waals surface area (Å²) in [6.45, 7) is 6.25.